The number of benzene rings is 2. The second-order valence-corrected chi connectivity index (χ2v) is 5.98. The van der Waals surface area contributed by atoms with Gasteiger partial charge in [-0.05, 0) is 48.0 Å². The van der Waals surface area contributed by atoms with Crippen LogP contribution in [0.25, 0.3) is 0 Å². The SMILES string of the molecule is CN(C(=O)Oc1ccc(O)c(C(=O)NCc2ccncc2)c1)c1ccccc1. The largest absolute Gasteiger partial charge is 0.507 e. The molecule has 3 aromatic rings. The zero-order chi connectivity index (χ0) is 19.9. The number of hydrogen-bond acceptors (Lipinski definition) is 5. The lowest BCUT2D eigenvalue weighted by molar-refractivity contribution is 0.0947. The molecule has 1 heterocycles. The Morgan fingerprint density at radius 3 is 2.50 bits per heavy atom. The Morgan fingerprint density at radius 2 is 1.79 bits per heavy atom. The highest BCUT2D eigenvalue weighted by molar-refractivity contribution is 5.97. The average Bonchev–Trinajstić information content (AvgIpc) is 2.74. The van der Waals surface area contributed by atoms with Gasteiger partial charge in [-0.15, -0.1) is 0 Å². The lowest BCUT2D eigenvalue weighted by Crippen LogP contribution is -2.29. The van der Waals surface area contributed by atoms with Crippen molar-refractivity contribution in [3.63, 3.8) is 0 Å². The van der Waals surface area contributed by atoms with Crippen molar-refractivity contribution in [3.8, 4) is 11.5 Å². The van der Waals surface area contributed by atoms with Crippen molar-refractivity contribution in [2.24, 2.45) is 0 Å². The summed E-state index contributed by atoms with van der Waals surface area (Å²) in [5.74, 6) is -0.535. The second kappa shape index (κ2) is 8.68. The quantitative estimate of drug-likeness (QED) is 0.711. The van der Waals surface area contributed by atoms with Crippen LogP contribution in [0.4, 0.5) is 10.5 Å². The van der Waals surface area contributed by atoms with Gasteiger partial charge in [-0.2, -0.15) is 0 Å². The average molecular weight is 377 g/mol. The van der Waals surface area contributed by atoms with Crippen molar-refractivity contribution in [1.29, 1.82) is 0 Å². The number of nitrogens with one attached hydrogen (secondary N) is 1. The Morgan fingerprint density at radius 1 is 1.07 bits per heavy atom. The molecule has 0 aliphatic carbocycles. The minimum Gasteiger partial charge on any atom is -0.507 e. The van der Waals surface area contributed by atoms with Crippen LogP contribution in [0.5, 0.6) is 11.5 Å². The van der Waals surface area contributed by atoms with E-state index in [1.807, 2.05) is 18.2 Å². The first-order valence-electron chi connectivity index (χ1n) is 8.55. The fraction of sp³-hybridized carbons (Fsp3) is 0.0952. The van der Waals surface area contributed by atoms with E-state index in [0.717, 1.165) is 5.56 Å². The van der Waals surface area contributed by atoms with Crippen LogP contribution < -0.4 is 15.0 Å². The molecule has 0 spiro atoms. The molecule has 0 fully saturated rings. The molecule has 2 N–H and O–H groups in total. The van der Waals surface area contributed by atoms with E-state index in [0.29, 0.717) is 5.69 Å². The van der Waals surface area contributed by atoms with Gasteiger partial charge in [0.2, 0.25) is 0 Å². The topological polar surface area (TPSA) is 91.8 Å². The number of phenolic OH excluding ortho intramolecular Hbond substituents is 1. The molecule has 7 nitrogen and oxygen atoms in total. The molecule has 3 rings (SSSR count). The fourth-order valence-corrected chi connectivity index (χ4v) is 2.47. The number of carbonyl (C=O) groups is 2. The van der Waals surface area contributed by atoms with Gasteiger partial charge in [-0.25, -0.2) is 4.79 Å². The number of rotatable bonds is 5. The van der Waals surface area contributed by atoms with Crippen LogP contribution in [-0.4, -0.2) is 29.1 Å². The predicted molar refractivity (Wildman–Crippen MR) is 104 cm³/mol. The van der Waals surface area contributed by atoms with Crippen molar-refractivity contribution in [2.45, 2.75) is 6.54 Å². The van der Waals surface area contributed by atoms with Crippen LogP contribution in [0.3, 0.4) is 0 Å². The van der Waals surface area contributed by atoms with Crippen LogP contribution in [0.2, 0.25) is 0 Å². The van der Waals surface area contributed by atoms with Gasteiger partial charge in [0.1, 0.15) is 11.5 Å². The summed E-state index contributed by atoms with van der Waals surface area (Å²) < 4.78 is 5.33. The normalized spacial score (nSPS) is 10.2. The molecule has 0 atom stereocenters. The predicted octanol–water partition coefficient (Wildman–Crippen LogP) is 3.35. The van der Waals surface area contributed by atoms with E-state index in [-0.39, 0.29) is 23.6 Å². The Balaban J connectivity index is 1.68. The van der Waals surface area contributed by atoms with E-state index >= 15 is 0 Å². The van der Waals surface area contributed by atoms with E-state index < -0.39 is 12.0 Å². The first kappa shape index (κ1) is 18.9. The van der Waals surface area contributed by atoms with E-state index in [9.17, 15) is 14.7 Å². The fourth-order valence-electron chi connectivity index (χ4n) is 2.47. The first-order valence-corrected chi connectivity index (χ1v) is 8.55. The number of anilines is 1. The highest BCUT2D eigenvalue weighted by atomic mass is 16.6. The molecule has 142 valence electrons. The number of amides is 2. The van der Waals surface area contributed by atoms with Crippen LogP contribution in [0.15, 0.2) is 73.1 Å². The third kappa shape index (κ3) is 4.64. The zero-order valence-corrected chi connectivity index (χ0v) is 15.2. The molecule has 0 radical (unpaired) electrons. The van der Waals surface area contributed by atoms with Crippen molar-refractivity contribution in [2.75, 3.05) is 11.9 Å². The molecule has 0 aliphatic rings. The molecule has 2 amide bonds. The number of carbonyl (C=O) groups excluding carboxylic acids is 2. The summed E-state index contributed by atoms with van der Waals surface area (Å²) in [5.41, 5.74) is 1.55. The molecule has 0 aliphatic heterocycles. The molecule has 0 saturated heterocycles. The third-order valence-corrected chi connectivity index (χ3v) is 4.04. The number of aromatic hydroxyl groups is 1. The van der Waals surface area contributed by atoms with E-state index in [2.05, 4.69) is 10.3 Å². The summed E-state index contributed by atoms with van der Waals surface area (Å²) >= 11 is 0. The summed E-state index contributed by atoms with van der Waals surface area (Å²) in [6.07, 6.45) is 2.64. The number of para-hydroxylation sites is 1. The summed E-state index contributed by atoms with van der Waals surface area (Å²) in [6.45, 7) is 0.279. The Bertz CT molecular complexity index is 962. The van der Waals surface area contributed by atoms with E-state index in [1.165, 1.54) is 23.1 Å². The molecule has 1 aromatic heterocycles. The summed E-state index contributed by atoms with van der Waals surface area (Å²) in [6, 6.07) is 16.6. The first-order chi connectivity index (χ1) is 13.5. The second-order valence-electron chi connectivity index (χ2n) is 5.98. The van der Waals surface area contributed by atoms with Gasteiger partial charge in [0, 0.05) is 31.7 Å². The smallest absolute Gasteiger partial charge is 0.419 e. The van der Waals surface area contributed by atoms with Gasteiger partial charge in [0.15, 0.2) is 0 Å². The summed E-state index contributed by atoms with van der Waals surface area (Å²) in [5, 5.41) is 12.7. The van der Waals surface area contributed by atoms with Crippen molar-refractivity contribution >= 4 is 17.7 Å². The van der Waals surface area contributed by atoms with Gasteiger partial charge in [0.25, 0.3) is 5.91 Å². The molecule has 0 saturated carbocycles. The number of hydrogen-bond donors (Lipinski definition) is 2. The monoisotopic (exact) mass is 377 g/mol. The standard InChI is InChI=1S/C21H19N3O4/c1-24(16-5-3-2-4-6-16)21(27)28-17-7-8-19(25)18(13-17)20(26)23-14-15-9-11-22-12-10-15/h2-13,25H,14H2,1H3,(H,23,26). The molecule has 28 heavy (non-hydrogen) atoms. The van der Waals surface area contributed by atoms with Gasteiger partial charge in [-0.1, -0.05) is 18.2 Å². The lowest BCUT2D eigenvalue weighted by Gasteiger charge is -2.17. The molecular weight excluding hydrogens is 358 g/mol. The number of phenols is 1. The van der Waals surface area contributed by atoms with Crippen molar-refractivity contribution in [1.82, 2.24) is 10.3 Å². The molecule has 0 unspecified atom stereocenters. The van der Waals surface area contributed by atoms with Gasteiger partial charge in [0.05, 0.1) is 5.56 Å². The highest BCUT2D eigenvalue weighted by Gasteiger charge is 2.17. The maximum atomic E-state index is 12.4. The van der Waals surface area contributed by atoms with Crippen LogP contribution in [-0.2, 0) is 6.54 Å². The third-order valence-electron chi connectivity index (χ3n) is 4.04. The lowest BCUT2D eigenvalue weighted by atomic mass is 10.1. The van der Waals surface area contributed by atoms with E-state index in [1.54, 1.807) is 43.7 Å². The van der Waals surface area contributed by atoms with Crippen LogP contribution >= 0.6 is 0 Å². The van der Waals surface area contributed by atoms with Gasteiger partial charge >= 0.3 is 6.09 Å². The minimum atomic E-state index is -0.611. The Labute approximate surface area is 162 Å². The number of pyridine rings is 1. The number of ether oxygens (including phenoxy) is 1. The van der Waals surface area contributed by atoms with Gasteiger partial charge < -0.3 is 15.2 Å². The number of aromatic nitrogens is 1. The zero-order valence-electron chi connectivity index (χ0n) is 15.2. The number of nitrogens with zero attached hydrogens (tertiary/aromatic N) is 2. The summed E-state index contributed by atoms with van der Waals surface area (Å²) in [7, 11) is 1.58. The summed E-state index contributed by atoms with van der Waals surface area (Å²) in [4.78, 5) is 30.0. The molecule has 7 heteroatoms. The minimum absolute atomic E-state index is 0.0155. The van der Waals surface area contributed by atoms with Gasteiger partial charge in [-0.3, -0.25) is 14.7 Å². The maximum Gasteiger partial charge on any atom is 0.419 e. The molecular formula is C21H19N3O4. The molecule has 2 aromatic carbocycles. The van der Waals surface area contributed by atoms with Crippen molar-refractivity contribution in [3.05, 3.63) is 84.2 Å². The van der Waals surface area contributed by atoms with Crippen LogP contribution in [0, 0.1) is 0 Å². The molecule has 0 bridgehead atoms. The van der Waals surface area contributed by atoms with E-state index in [4.69, 9.17) is 4.74 Å². The van der Waals surface area contributed by atoms with Crippen LogP contribution in [0.1, 0.15) is 15.9 Å². The highest BCUT2D eigenvalue weighted by Crippen LogP contribution is 2.24. The Kier molecular flexibility index (Phi) is 5.86. The maximum absolute atomic E-state index is 12.4. The Hall–Kier alpha value is -3.87. The van der Waals surface area contributed by atoms with Crippen molar-refractivity contribution < 1.29 is 19.4 Å².